The number of rotatable bonds is 3. The predicted octanol–water partition coefficient (Wildman–Crippen LogP) is 3.00. The van der Waals surface area contributed by atoms with E-state index in [0.29, 0.717) is 0 Å². The zero-order valence-corrected chi connectivity index (χ0v) is 11.9. The van der Waals surface area contributed by atoms with Crippen molar-refractivity contribution < 1.29 is 9.47 Å². The summed E-state index contributed by atoms with van der Waals surface area (Å²) in [7, 11) is 3.39. The van der Waals surface area contributed by atoms with E-state index in [4.69, 9.17) is 9.47 Å². The Hall–Kier alpha value is -1.52. The molecule has 100 valence electrons. The number of hydrogen-bond acceptors (Lipinski definition) is 4. The highest BCUT2D eigenvalue weighted by molar-refractivity contribution is 7.10. The van der Waals surface area contributed by atoms with Gasteiger partial charge in [-0.2, -0.15) is 0 Å². The molecule has 0 aliphatic carbocycles. The summed E-state index contributed by atoms with van der Waals surface area (Å²) in [5, 5.41) is 5.70. The van der Waals surface area contributed by atoms with Gasteiger partial charge in [0.1, 0.15) is 0 Å². The highest BCUT2D eigenvalue weighted by Crippen LogP contribution is 2.40. The summed E-state index contributed by atoms with van der Waals surface area (Å²) < 4.78 is 10.9. The minimum atomic E-state index is 0.267. The van der Waals surface area contributed by atoms with E-state index < -0.39 is 0 Å². The van der Waals surface area contributed by atoms with Crippen molar-refractivity contribution in [3.63, 3.8) is 0 Å². The van der Waals surface area contributed by atoms with Crippen LogP contribution < -0.4 is 14.8 Å². The van der Waals surface area contributed by atoms with Gasteiger partial charge in [-0.15, -0.1) is 11.3 Å². The van der Waals surface area contributed by atoms with Crippen molar-refractivity contribution in [3.8, 4) is 11.5 Å². The minimum Gasteiger partial charge on any atom is -0.493 e. The smallest absolute Gasteiger partial charge is 0.164 e. The first-order chi connectivity index (χ1) is 9.35. The lowest BCUT2D eigenvalue weighted by atomic mass is 9.92. The fourth-order valence-electron chi connectivity index (χ4n) is 2.70. The molecule has 1 aliphatic rings. The molecule has 0 radical (unpaired) electrons. The van der Waals surface area contributed by atoms with Gasteiger partial charge in [-0.1, -0.05) is 12.1 Å². The van der Waals surface area contributed by atoms with Crippen molar-refractivity contribution in [3.05, 3.63) is 45.6 Å². The van der Waals surface area contributed by atoms with E-state index in [1.807, 2.05) is 6.07 Å². The van der Waals surface area contributed by atoms with E-state index in [1.54, 1.807) is 25.6 Å². The Morgan fingerprint density at radius 3 is 2.79 bits per heavy atom. The molecule has 0 amide bonds. The van der Waals surface area contributed by atoms with Gasteiger partial charge in [0.15, 0.2) is 11.5 Å². The quantitative estimate of drug-likeness (QED) is 0.934. The van der Waals surface area contributed by atoms with Crippen LogP contribution in [-0.2, 0) is 6.42 Å². The number of thiophene rings is 1. The fourth-order valence-corrected chi connectivity index (χ4v) is 3.51. The maximum Gasteiger partial charge on any atom is 0.164 e. The summed E-state index contributed by atoms with van der Waals surface area (Å²) >= 11 is 1.78. The van der Waals surface area contributed by atoms with Crippen molar-refractivity contribution in [1.82, 2.24) is 5.32 Å². The first-order valence-electron chi connectivity index (χ1n) is 6.35. The van der Waals surface area contributed by atoms with Crippen molar-refractivity contribution in [1.29, 1.82) is 0 Å². The maximum absolute atomic E-state index is 5.55. The number of benzene rings is 1. The Morgan fingerprint density at radius 2 is 2.11 bits per heavy atom. The summed E-state index contributed by atoms with van der Waals surface area (Å²) in [6, 6.07) is 8.67. The molecule has 1 unspecified atom stereocenters. The van der Waals surface area contributed by atoms with Crippen LogP contribution in [0.5, 0.6) is 11.5 Å². The number of ether oxygens (including phenoxy) is 2. The molecule has 4 heteroatoms. The summed E-state index contributed by atoms with van der Waals surface area (Å²) in [4.78, 5) is 1.34. The van der Waals surface area contributed by atoms with Crippen LogP contribution in [0.2, 0.25) is 0 Å². The SMILES string of the molecule is COc1ccc2c(c1OC)CCNC2c1cccs1. The van der Waals surface area contributed by atoms with Crippen LogP contribution in [0.1, 0.15) is 22.0 Å². The monoisotopic (exact) mass is 275 g/mol. The summed E-state index contributed by atoms with van der Waals surface area (Å²) in [5.41, 5.74) is 2.56. The third-order valence-corrected chi connectivity index (χ3v) is 4.48. The van der Waals surface area contributed by atoms with E-state index in [1.165, 1.54) is 16.0 Å². The first-order valence-corrected chi connectivity index (χ1v) is 7.23. The molecule has 1 aromatic carbocycles. The molecule has 0 bridgehead atoms. The number of hydrogen-bond donors (Lipinski definition) is 1. The van der Waals surface area contributed by atoms with Crippen LogP contribution in [0.4, 0.5) is 0 Å². The normalized spacial score (nSPS) is 17.9. The lowest BCUT2D eigenvalue weighted by Crippen LogP contribution is -2.30. The van der Waals surface area contributed by atoms with Gasteiger partial charge in [0.2, 0.25) is 0 Å². The van der Waals surface area contributed by atoms with Crippen molar-refractivity contribution in [2.24, 2.45) is 0 Å². The zero-order valence-electron chi connectivity index (χ0n) is 11.1. The van der Waals surface area contributed by atoms with Crippen LogP contribution in [0.15, 0.2) is 29.6 Å². The lowest BCUT2D eigenvalue weighted by molar-refractivity contribution is 0.348. The number of nitrogens with one attached hydrogen (secondary N) is 1. The Bertz CT molecular complexity index is 566. The molecular weight excluding hydrogens is 258 g/mol. The Kier molecular flexibility index (Phi) is 3.44. The Morgan fingerprint density at radius 1 is 1.21 bits per heavy atom. The van der Waals surface area contributed by atoms with Crippen LogP contribution in [0.25, 0.3) is 0 Å². The highest BCUT2D eigenvalue weighted by atomic mass is 32.1. The van der Waals surface area contributed by atoms with Gasteiger partial charge in [-0.25, -0.2) is 0 Å². The molecule has 1 aromatic heterocycles. The number of fused-ring (bicyclic) bond motifs is 1. The predicted molar refractivity (Wildman–Crippen MR) is 77.4 cm³/mol. The summed E-state index contributed by atoms with van der Waals surface area (Å²) in [6.45, 7) is 0.957. The third kappa shape index (κ3) is 2.11. The van der Waals surface area contributed by atoms with E-state index in [9.17, 15) is 0 Å². The molecule has 1 atom stereocenters. The molecule has 0 saturated carbocycles. The molecule has 0 saturated heterocycles. The topological polar surface area (TPSA) is 30.5 Å². The van der Waals surface area contributed by atoms with Gasteiger partial charge in [-0.05, 0) is 29.5 Å². The molecule has 19 heavy (non-hydrogen) atoms. The van der Waals surface area contributed by atoms with Crippen LogP contribution in [0.3, 0.4) is 0 Å². The van der Waals surface area contributed by atoms with Crippen molar-refractivity contribution in [2.45, 2.75) is 12.5 Å². The second-order valence-electron chi connectivity index (χ2n) is 4.52. The largest absolute Gasteiger partial charge is 0.493 e. The van der Waals surface area contributed by atoms with Gasteiger partial charge in [0, 0.05) is 17.0 Å². The Labute approximate surface area is 117 Å². The second-order valence-corrected chi connectivity index (χ2v) is 5.50. The molecule has 1 N–H and O–H groups in total. The first kappa shape index (κ1) is 12.5. The van der Waals surface area contributed by atoms with E-state index in [-0.39, 0.29) is 6.04 Å². The van der Waals surface area contributed by atoms with Crippen LogP contribution in [-0.4, -0.2) is 20.8 Å². The van der Waals surface area contributed by atoms with Gasteiger partial charge >= 0.3 is 0 Å². The van der Waals surface area contributed by atoms with Gasteiger partial charge < -0.3 is 14.8 Å². The second kappa shape index (κ2) is 5.23. The molecule has 2 aromatic rings. The molecule has 3 nitrogen and oxygen atoms in total. The van der Waals surface area contributed by atoms with Gasteiger partial charge in [-0.3, -0.25) is 0 Å². The average Bonchev–Trinajstić information content (AvgIpc) is 2.99. The molecule has 0 spiro atoms. The lowest BCUT2D eigenvalue weighted by Gasteiger charge is -2.28. The average molecular weight is 275 g/mol. The molecule has 2 heterocycles. The van der Waals surface area contributed by atoms with E-state index in [0.717, 1.165) is 24.5 Å². The molecule has 0 fully saturated rings. The zero-order chi connectivity index (χ0) is 13.2. The Balaban J connectivity index is 2.11. The van der Waals surface area contributed by atoms with Crippen molar-refractivity contribution >= 4 is 11.3 Å². The standard InChI is InChI=1S/C15H17NO2S/c1-17-12-6-5-10-11(15(12)18-2)7-8-16-14(10)13-4-3-9-19-13/h3-6,9,14,16H,7-8H2,1-2H3. The van der Waals surface area contributed by atoms with Crippen LogP contribution >= 0.6 is 11.3 Å². The molecular formula is C15H17NO2S. The number of methoxy groups -OCH3 is 2. The fraction of sp³-hybridized carbons (Fsp3) is 0.333. The van der Waals surface area contributed by atoms with E-state index in [2.05, 4.69) is 28.9 Å². The van der Waals surface area contributed by atoms with Gasteiger partial charge in [0.05, 0.1) is 20.3 Å². The molecule has 3 rings (SSSR count). The highest BCUT2D eigenvalue weighted by Gasteiger charge is 2.26. The minimum absolute atomic E-state index is 0.267. The summed E-state index contributed by atoms with van der Waals surface area (Å²) in [5.74, 6) is 1.69. The molecule has 1 aliphatic heterocycles. The van der Waals surface area contributed by atoms with E-state index >= 15 is 0 Å². The van der Waals surface area contributed by atoms with Crippen LogP contribution in [0, 0.1) is 0 Å². The summed E-state index contributed by atoms with van der Waals surface area (Å²) in [6.07, 6.45) is 0.970. The third-order valence-electron chi connectivity index (χ3n) is 3.55. The van der Waals surface area contributed by atoms with Crippen molar-refractivity contribution in [2.75, 3.05) is 20.8 Å². The van der Waals surface area contributed by atoms with Gasteiger partial charge in [0.25, 0.3) is 0 Å². The maximum atomic E-state index is 5.55.